The van der Waals surface area contributed by atoms with Gasteiger partial charge in [0.1, 0.15) is 0 Å². The van der Waals surface area contributed by atoms with Crippen molar-refractivity contribution in [2.24, 2.45) is 11.7 Å². The molecule has 1 heteroatoms. The SMILES string of the molecule is C/C=C(C)\C=C/C(C)CC.NC1CCCC1. The van der Waals surface area contributed by atoms with E-state index in [9.17, 15) is 0 Å². The number of hydrogen-bond donors (Lipinski definition) is 1. The fraction of sp³-hybridized carbons (Fsp3) is 0.733. The molecule has 0 heterocycles. The Hall–Kier alpha value is -0.560. The van der Waals surface area contributed by atoms with Gasteiger partial charge in [0.2, 0.25) is 0 Å². The first-order valence-corrected chi connectivity index (χ1v) is 6.66. The second kappa shape index (κ2) is 9.65. The Morgan fingerprint density at radius 1 is 1.38 bits per heavy atom. The van der Waals surface area contributed by atoms with E-state index < -0.39 is 0 Å². The van der Waals surface area contributed by atoms with Crippen LogP contribution in [0.3, 0.4) is 0 Å². The largest absolute Gasteiger partial charge is 0.328 e. The lowest BCUT2D eigenvalue weighted by molar-refractivity contribution is 0.698. The van der Waals surface area contributed by atoms with Gasteiger partial charge >= 0.3 is 0 Å². The quantitative estimate of drug-likeness (QED) is 0.703. The highest BCUT2D eigenvalue weighted by atomic mass is 14.6. The van der Waals surface area contributed by atoms with Crippen molar-refractivity contribution in [1.82, 2.24) is 0 Å². The van der Waals surface area contributed by atoms with E-state index in [1.807, 2.05) is 0 Å². The molecule has 16 heavy (non-hydrogen) atoms. The van der Waals surface area contributed by atoms with E-state index in [4.69, 9.17) is 5.73 Å². The molecule has 1 saturated carbocycles. The molecule has 1 unspecified atom stereocenters. The first-order valence-electron chi connectivity index (χ1n) is 6.66. The fourth-order valence-electron chi connectivity index (χ4n) is 1.51. The third-order valence-corrected chi connectivity index (χ3v) is 3.19. The molecule has 1 fully saturated rings. The summed E-state index contributed by atoms with van der Waals surface area (Å²) < 4.78 is 0. The van der Waals surface area contributed by atoms with Crippen LogP contribution in [0.5, 0.6) is 0 Å². The molecule has 0 aliphatic heterocycles. The normalized spacial score (nSPS) is 19.7. The molecule has 0 aromatic carbocycles. The lowest BCUT2D eigenvalue weighted by atomic mass is 10.1. The predicted octanol–water partition coefficient (Wildman–Crippen LogP) is 4.44. The van der Waals surface area contributed by atoms with Crippen LogP contribution in [0.1, 0.15) is 59.8 Å². The standard InChI is InChI=1S/C10H18.C5H11N/c1-5-9(3)7-8-10(4)6-2;6-5-3-1-2-4-5/h5,7-8,10H,6H2,1-4H3;5H,1-4,6H2/b8-7-,9-5-;. The van der Waals surface area contributed by atoms with E-state index in [1.54, 1.807) is 0 Å². The summed E-state index contributed by atoms with van der Waals surface area (Å²) in [5, 5.41) is 0. The zero-order valence-electron chi connectivity index (χ0n) is 11.5. The third kappa shape index (κ3) is 8.72. The average Bonchev–Trinajstić information content (AvgIpc) is 2.77. The van der Waals surface area contributed by atoms with E-state index in [2.05, 4.69) is 45.9 Å². The Balaban J connectivity index is 0.000000315. The Bertz CT molecular complexity index is 209. The molecule has 1 aliphatic carbocycles. The minimum atomic E-state index is 0.546. The van der Waals surface area contributed by atoms with Gasteiger partial charge in [-0.15, -0.1) is 0 Å². The highest BCUT2D eigenvalue weighted by Gasteiger charge is 2.07. The van der Waals surface area contributed by atoms with Gasteiger partial charge in [-0.3, -0.25) is 0 Å². The van der Waals surface area contributed by atoms with Crippen molar-refractivity contribution in [2.45, 2.75) is 65.8 Å². The molecule has 1 nitrogen and oxygen atoms in total. The Kier molecular flexibility index (Phi) is 9.31. The average molecular weight is 223 g/mol. The molecular weight excluding hydrogens is 194 g/mol. The number of hydrogen-bond acceptors (Lipinski definition) is 1. The van der Waals surface area contributed by atoms with Gasteiger partial charge in [0.05, 0.1) is 0 Å². The molecule has 0 bridgehead atoms. The van der Waals surface area contributed by atoms with Crippen LogP contribution in [0.25, 0.3) is 0 Å². The van der Waals surface area contributed by atoms with E-state index in [0.717, 1.165) is 5.92 Å². The summed E-state index contributed by atoms with van der Waals surface area (Å²) in [6, 6.07) is 0.546. The van der Waals surface area contributed by atoms with Crippen LogP contribution in [0.15, 0.2) is 23.8 Å². The lowest BCUT2D eigenvalue weighted by Crippen LogP contribution is -2.13. The van der Waals surface area contributed by atoms with Crippen molar-refractivity contribution in [2.75, 3.05) is 0 Å². The summed E-state index contributed by atoms with van der Waals surface area (Å²) in [5.41, 5.74) is 6.88. The van der Waals surface area contributed by atoms with Crippen LogP contribution in [0.4, 0.5) is 0 Å². The molecule has 0 aromatic rings. The summed E-state index contributed by atoms with van der Waals surface area (Å²) >= 11 is 0. The lowest BCUT2D eigenvalue weighted by Gasteiger charge is -1.98. The molecule has 1 atom stereocenters. The van der Waals surface area contributed by atoms with Gasteiger partial charge in [0, 0.05) is 6.04 Å². The van der Waals surface area contributed by atoms with Gasteiger partial charge in [0.25, 0.3) is 0 Å². The molecule has 0 saturated heterocycles. The first-order chi connectivity index (χ1) is 7.60. The van der Waals surface area contributed by atoms with Crippen LogP contribution >= 0.6 is 0 Å². The molecule has 0 radical (unpaired) electrons. The van der Waals surface area contributed by atoms with Crippen molar-refractivity contribution in [3.63, 3.8) is 0 Å². The van der Waals surface area contributed by atoms with Crippen molar-refractivity contribution < 1.29 is 0 Å². The van der Waals surface area contributed by atoms with Crippen molar-refractivity contribution in [3.8, 4) is 0 Å². The monoisotopic (exact) mass is 223 g/mol. The number of rotatable bonds is 3. The Morgan fingerprint density at radius 2 is 1.94 bits per heavy atom. The van der Waals surface area contributed by atoms with Gasteiger partial charge in [0.15, 0.2) is 0 Å². The smallest absolute Gasteiger partial charge is 0.00388 e. The van der Waals surface area contributed by atoms with Crippen molar-refractivity contribution >= 4 is 0 Å². The van der Waals surface area contributed by atoms with E-state index >= 15 is 0 Å². The number of nitrogens with two attached hydrogens (primary N) is 1. The molecule has 0 aromatic heterocycles. The topological polar surface area (TPSA) is 26.0 Å². The zero-order valence-corrected chi connectivity index (χ0v) is 11.5. The second-order valence-electron chi connectivity index (χ2n) is 4.82. The molecular formula is C15H29N. The van der Waals surface area contributed by atoms with Crippen molar-refractivity contribution in [1.29, 1.82) is 0 Å². The molecule has 0 amide bonds. The Labute approximate surface area is 102 Å². The van der Waals surface area contributed by atoms with Crippen LogP contribution in [-0.2, 0) is 0 Å². The van der Waals surface area contributed by atoms with E-state index in [1.165, 1.54) is 37.7 Å². The zero-order chi connectivity index (χ0) is 12.4. The summed E-state index contributed by atoms with van der Waals surface area (Å²) in [4.78, 5) is 0. The molecule has 1 aliphatic rings. The van der Waals surface area contributed by atoms with E-state index in [0.29, 0.717) is 6.04 Å². The van der Waals surface area contributed by atoms with Gasteiger partial charge in [-0.25, -0.2) is 0 Å². The fourth-order valence-corrected chi connectivity index (χ4v) is 1.51. The molecule has 2 N–H and O–H groups in total. The molecule has 1 rings (SSSR count). The van der Waals surface area contributed by atoms with E-state index in [-0.39, 0.29) is 0 Å². The van der Waals surface area contributed by atoms with Gasteiger partial charge < -0.3 is 5.73 Å². The van der Waals surface area contributed by atoms with Gasteiger partial charge in [-0.05, 0) is 32.6 Å². The summed E-state index contributed by atoms with van der Waals surface area (Å²) in [5.74, 6) is 0.717. The molecule has 0 spiro atoms. The van der Waals surface area contributed by atoms with Crippen LogP contribution < -0.4 is 5.73 Å². The predicted molar refractivity (Wildman–Crippen MR) is 74.5 cm³/mol. The maximum atomic E-state index is 5.53. The second-order valence-corrected chi connectivity index (χ2v) is 4.82. The summed E-state index contributed by atoms with van der Waals surface area (Å²) in [6.07, 6.45) is 13.1. The number of allylic oxidation sites excluding steroid dienone is 4. The maximum absolute atomic E-state index is 5.53. The van der Waals surface area contributed by atoms with Crippen LogP contribution in [-0.4, -0.2) is 6.04 Å². The minimum absolute atomic E-state index is 0.546. The summed E-state index contributed by atoms with van der Waals surface area (Å²) in [7, 11) is 0. The van der Waals surface area contributed by atoms with Crippen molar-refractivity contribution in [3.05, 3.63) is 23.8 Å². The first kappa shape index (κ1) is 15.4. The minimum Gasteiger partial charge on any atom is -0.328 e. The summed E-state index contributed by atoms with van der Waals surface area (Å²) in [6.45, 7) is 8.63. The van der Waals surface area contributed by atoms with Gasteiger partial charge in [-0.1, -0.05) is 56.9 Å². The molecule has 94 valence electrons. The van der Waals surface area contributed by atoms with Crippen LogP contribution in [0, 0.1) is 5.92 Å². The van der Waals surface area contributed by atoms with Gasteiger partial charge in [-0.2, -0.15) is 0 Å². The highest BCUT2D eigenvalue weighted by Crippen LogP contribution is 2.14. The highest BCUT2D eigenvalue weighted by molar-refractivity contribution is 5.15. The maximum Gasteiger partial charge on any atom is 0.00388 e. The van der Waals surface area contributed by atoms with Crippen LogP contribution in [0.2, 0.25) is 0 Å². The third-order valence-electron chi connectivity index (χ3n) is 3.19. The Morgan fingerprint density at radius 3 is 2.25 bits per heavy atom.